The third-order valence-electron chi connectivity index (χ3n) is 4.51. The Morgan fingerprint density at radius 2 is 1.67 bits per heavy atom. The predicted octanol–water partition coefficient (Wildman–Crippen LogP) is 3.68. The molecule has 0 saturated heterocycles. The SMILES string of the molecule is CCS(=O)(=O)Nc1ccc(NC2CCC(C)C(C)C2)cc1. The van der Waals surface area contributed by atoms with Crippen molar-refractivity contribution in [2.75, 3.05) is 15.8 Å². The number of rotatable bonds is 5. The van der Waals surface area contributed by atoms with Gasteiger partial charge < -0.3 is 5.32 Å². The summed E-state index contributed by atoms with van der Waals surface area (Å²) in [5, 5.41) is 3.56. The van der Waals surface area contributed by atoms with Crippen LogP contribution in [0, 0.1) is 11.8 Å². The molecule has 1 saturated carbocycles. The summed E-state index contributed by atoms with van der Waals surface area (Å²) in [6.07, 6.45) is 3.67. The predicted molar refractivity (Wildman–Crippen MR) is 89.1 cm³/mol. The molecule has 0 radical (unpaired) electrons. The van der Waals surface area contributed by atoms with Gasteiger partial charge in [-0.25, -0.2) is 8.42 Å². The second-order valence-electron chi connectivity index (χ2n) is 6.19. The van der Waals surface area contributed by atoms with Gasteiger partial charge in [0.05, 0.1) is 5.75 Å². The lowest BCUT2D eigenvalue weighted by atomic mass is 9.79. The fourth-order valence-corrected chi connectivity index (χ4v) is 3.44. The van der Waals surface area contributed by atoms with E-state index >= 15 is 0 Å². The van der Waals surface area contributed by atoms with E-state index in [1.807, 2.05) is 24.3 Å². The Bertz CT molecular complexity index is 554. The molecule has 0 aromatic heterocycles. The topological polar surface area (TPSA) is 58.2 Å². The summed E-state index contributed by atoms with van der Waals surface area (Å²) in [7, 11) is -3.20. The molecule has 0 spiro atoms. The fraction of sp³-hybridized carbons (Fsp3) is 0.625. The van der Waals surface area contributed by atoms with Gasteiger partial charge in [-0.1, -0.05) is 13.8 Å². The summed E-state index contributed by atoms with van der Waals surface area (Å²) in [5.74, 6) is 1.66. The molecule has 2 N–H and O–H groups in total. The molecule has 0 amide bonds. The highest BCUT2D eigenvalue weighted by atomic mass is 32.2. The van der Waals surface area contributed by atoms with E-state index in [1.54, 1.807) is 6.92 Å². The average Bonchev–Trinajstić information content (AvgIpc) is 2.45. The van der Waals surface area contributed by atoms with Crippen LogP contribution < -0.4 is 10.0 Å². The summed E-state index contributed by atoms with van der Waals surface area (Å²) in [4.78, 5) is 0. The first-order valence-corrected chi connectivity index (χ1v) is 9.42. The number of sulfonamides is 1. The molecule has 0 aliphatic heterocycles. The molecule has 3 unspecified atom stereocenters. The maximum absolute atomic E-state index is 11.5. The van der Waals surface area contributed by atoms with Crippen molar-refractivity contribution in [1.82, 2.24) is 0 Å². The van der Waals surface area contributed by atoms with E-state index in [0.717, 1.165) is 17.5 Å². The van der Waals surface area contributed by atoms with Gasteiger partial charge in [0, 0.05) is 17.4 Å². The smallest absolute Gasteiger partial charge is 0.232 e. The van der Waals surface area contributed by atoms with Crippen LogP contribution >= 0.6 is 0 Å². The summed E-state index contributed by atoms with van der Waals surface area (Å²) >= 11 is 0. The highest BCUT2D eigenvalue weighted by molar-refractivity contribution is 7.92. The van der Waals surface area contributed by atoms with E-state index in [-0.39, 0.29) is 5.75 Å². The molecule has 2 rings (SSSR count). The molecule has 21 heavy (non-hydrogen) atoms. The van der Waals surface area contributed by atoms with Crippen LogP contribution in [0.3, 0.4) is 0 Å². The number of benzene rings is 1. The molecule has 1 aromatic rings. The largest absolute Gasteiger partial charge is 0.382 e. The lowest BCUT2D eigenvalue weighted by molar-refractivity contribution is 0.261. The zero-order valence-corrected chi connectivity index (χ0v) is 13.9. The molecular weight excluding hydrogens is 284 g/mol. The van der Waals surface area contributed by atoms with E-state index in [2.05, 4.69) is 23.9 Å². The van der Waals surface area contributed by atoms with Crippen molar-refractivity contribution in [2.24, 2.45) is 11.8 Å². The van der Waals surface area contributed by atoms with Gasteiger partial charge in [-0.15, -0.1) is 0 Å². The van der Waals surface area contributed by atoms with Gasteiger partial charge in [0.2, 0.25) is 10.0 Å². The van der Waals surface area contributed by atoms with Crippen molar-refractivity contribution in [1.29, 1.82) is 0 Å². The minimum absolute atomic E-state index is 0.0884. The van der Waals surface area contributed by atoms with Crippen LogP contribution in [0.2, 0.25) is 0 Å². The monoisotopic (exact) mass is 310 g/mol. The maximum Gasteiger partial charge on any atom is 0.232 e. The zero-order chi connectivity index (χ0) is 15.5. The summed E-state index contributed by atoms with van der Waals surface area (Å²) in [6.45, 7) is 6.28. The molecule has 5 heteroatoms. The molecule has 1 fully saturated rings. The second kappa shape index (κ2) is 6.69. The van der Waals surface area contributed by atoms with Crippen molar-refractivity contribution in [3.05, 3.63) is 24.3 Å². The normalized spacial score (nSPS) is 26.3. The van der Waals surface area contributed by atoms with Crippen LogP contribution in [0.15, 0.2) is 24.3 Å². The first-order chi connectivity index (χ1) is 9.89. The lowest BCUT2D eigenvalue weighted by Gasteiger charge is -2.33. The minimum Gasteiger partial charge on any atom is -0.382 e. The standard InChI is InChI=1S/C16H26N2O2S/c1-4-21(19,20)18-15-9-7-14(8-10-15)17-16-6-5-12(2)13(3)11-16/h7-10,12-13,16-18H,4-6,11H2,1-3H3. The van der Waals surface area contributed by atoms with Crippen molar-refractivity contribution in [3.63, 3.8) is 0 Å². The molecule has 3 atom stereocenters. The second-order valence-corrected chi connectivity index (χ2v) is 8.20. The molecule has 1 aliphatic rings. The van der Waals surface area contributed by atoms with Crippen LogP contribution in [0.25, 0.3) is 0 Å². The molecule has 1 aromatic carbocycles. The van der Waals surface area contributed by atoms with Crippen LogP contribution in [-0.4, -0.2) is 20.2 Å². The third kappa shape index (κ3) is 4.63. The highest BCUT2D eigenvalue weighted by Gasteiger charge is 2.24. The van der Waals surface area contributed by atoms with E-state index in [1.165, 1.54) is 19.3 Å². The van der Waals surface area contributed by atoms with Crippen LogP contribution in [0.5, 0.6) is 0 Å². The molecule has 1 aliphatic carbocycles. The Balaban J connectivity index is 1.94. The van der Waals surface area contributed by atoms with Crippen LogP contribution in [0.1, 0.15) is 40.0 Å². The Kier molecular flexibility index (Phi) is 5.14. The van der Waals surface area contributed by atoms with E-state index in [9.17, 15) is 8.42 Å². The van der Waals surface area contributed by atoms with Gasteiger partial charge >= 0.3 is 0 Å². The number of anilines is 2. The summed E-state index contributed by atoms with van der Waals surface area (Å²) < 4.78 is 25.6. The number of nitrogens with one attached hydrogen (secondary N) is 2. The van der Waals surface area contributed by atoms with E-state index in [4.69, 9.17) is 0 Å². The average molecular weight is 310 g/mol. The van der Waals surface area contributed by atoms with Gasteiger partial charge in [-0.2, -0.15) is 0 Å². The first-order valence-electron chi connectivity index (χ1n) is 7.76. The molecule has 0 heterocycles. The molecule has 4 nitrogen and oxygen atoms in total. The van der Waals surface area contributed by atoms with E-state index < -0.39 is 10.0 Å². The van der Waals surface area contributed by atoms with E-state index in [0.29, 0.717) is 11.7 Å². The summed E-state index contributed by atoms with van der Waals surface area (Å²) in [5.41, 5.74) is 1.68. The Labute approximate surface area is 128 Å². The number of hydrogen-bond acceptors (Lipinski definition) is 3. The third-order valence-corrected chi connectivity index (χ3v) is 5.81. The Morgan fingerprint density at radius 1 is 1.05 bits per heavy atom. The zero-order valence-electron chi connectivity index (χ0n) is 13.1. The van der Waals surface area contributed by atoms with Crippen molar-refractivity contribution in [3.8, 4) is 0 Å². The Hall–Kier alpha value is -1.23. The Morgan fingerprint density at radius 3 is 2.24 bits per heavy atom. The van der Waals surface area contributed by atoms with Crippen molar-refractivity contribution < 1.29 is 8.42 Å². The van der Waals surface area contributed by atoms with Gasteiger partial charge in [-0.05, 0) is 62.3 Å². The maximum atomic E-state index is 11.5. The van der Waals surface area contributed by atoms with Crippen LogP contribution in [0.4, 0.5) is 11.4 Å². The van der Waals surface area contributed by atoms with Gasteiger partial charge in [0.1, 0.15) is 0 Å². The van der Waals surface area contributed by atoms with Gasteiger partial charge in [0.25, 0.3) is 0 Å². The molecule has 118 valence electrons. The van der Waals surface area contributed by atoms with Crippen LogP contribution in [-0.2, 0) is 10.0 Å². The minimum atomic E-state index is -3.20. The first kappa shape index (κ1) is 16.1. The van der Waals surface area contributed by atoms with Crippen molar-refractivity contribution in [2.45, 2.75) is 46.1 Å². The highest BCUT2D eigenvalue weighted by Crippen LogP contribution is 2.31. The number of hydrogen-bond donors (Lipinski definition) is 2. The molecular formula is C16H26N2O2S. The lowest BCUT2D eigenvalue weighted by Crippen LogP contribution is -2.30. The fourth-order valence-electron chi connectivity index (χ4n) is 2.80. The van der Waals surface area contributed by atoms with Gasteiger partial charge in [-0.3, -0.25) is 4.72 Å². The molecule has 0 bridgehead atoms. The van der Waals surface area contributed by atoms with Gasteiger partial charge in [0.15, 0.2) is 0 Å². The quantitative estimate of drug-likeness (QED) is 0.872. The van der Waals surface area contributed by atoms with Crippen molar-refractivity contribution >= 4 is 21.4 Å². The summed E-state index contributed by atoms with van der Waals surface area (Å²) in [6, 6.07) is 8.02.